The number of nitrogens with zero attached hydrogens (tertiary/aromatic N) is 5. The van der Waals surface area contributed by atoms with Crippen LogP contribution in [-0.4, -0.2) is 55.5 Å². The van der Waals surface area contributed by atoms with Gasteiger partial charge in [0.05, 0.1) is 18.8 Å². The van der Waals surface area contributed by atoms with Crippen molar-refractivity contribution in [3.05, 3.63) is 29.1 Å². The first-order valence-electron chi connectivity index (χ1n) is 8.38. The van der Waals surface area contributed by atoms with Crippen LogP contribution in [0, 0.1) is 13.8 Å². The van der Waals surface area contributed by atoms with Gasteiger partial charge in [-0.15, -0.1) is 0 Å². The van der Waals surface area contributed by atoms with Crippen molar-refractivity contribution in [2.75, 3.05) is 19.7 Å². The largest absolute Gasteiger partial charge is 0.366 e. The fourth-order valence-corrected chi connectivity index (χ4v) is 2.91. The Morgan fingerprint density at radius 2 is 2.29 bits per heavy atom. The van der Waals surface area contributed by atoms with Gasteiger partial charge in [0.15, 0.2) is 5.82 Å². The quantitative estimate of drug-likeness (QED) is 0.888. The molecule has 1 aliphatic rings. The first-order chi connectivity index (χ1) is 11.6. The molecule has 3 heterocycles. The van der Waals surface area contributed by atoms with Crippen LogP contribution in [0.25, 0.3) is 0 Å². The summed E-state index contributed by atoms with van der Waals surface area (Å²) >= 11 is 0. The van der Waals surface area contributed by atoms with Crippen LogP contribution in [-0.2, 0) is 22.5 Å². The monoisotopic (exact) mass is 332 g/mol. The molecule has 0 aromatic carbocycles. The number of rotatable bonds is 5. The molecule has 1 saturated heterocycles. The van der Waals surface area contributed by atoms with Crippen molar-refractivity contribution in [2.24, 2.45) is 0 Å². The molecule has 8 heteroatoms. The second kappa shape index (κ2) is 7.12. The van der Waals surface area contributed by atoms with E-state index in [1.807, 2.05) is 36.4 Å². The van der Waals surface area contributed by atoms with Crippen LogP contribution in [0.3, 0.4) is 0 Å². The number of carbonyl (C=O) groups is 1. The molecule has 24 heavy (non-hydrogen) atoms. The molecule has 0 spiro atoms. The Hall–Kier alpha value is -2.22. The predicted molar refractivity (Wildman–Crippen MR) is 87.4 cm³/mol. The van der Waals surface area contributed by atoms with Crippen molar-refractivity contribution in [2.45, 2.75) is 46.3 Å². The number of aryl methyl sites for hydroxylation is 4. The number of aromatic nitrogens is 5. The average Bonchev–Trinajstić information content (AvgIpc) is 3.19. The fourth-order valence-electron chi connectivity index (χ4n) is 2.91. The Bertz CT molecular complexity index is 707. The maximum Gasteiger partial charge on any atom is 0.224 e. The zero-order valence-corrected chi connectivity index (χ0v) is 14.4. The van der Waals surface area contributed by atoms with E-state index in [0.29, 0.717) is 38.5 Å². The van der Waals surface area contributed by atoms with Crippen molar-refractivity contribution < 1.29 is 9.53 Å². The summed E-state index contributed by atoms with van der Waals surface area (Å²) in [6.07, 6.45) is 0.974. The highest BCUT2D eigenvalue weighted by Crippen LogP contribution is 2.20. The number of amides is 1. The molecule has 1 aliphatic heterocycles. The van der Waals surface area contributed by atoms with Gasteiger partial charge in [0.2, 0.25) is 5.91 Å². The molecule has 1 N–H and O–H groups in total. The van der Waals surface area contributed by atoms with Crippen LogP contribution in [0.2, 0.25) is 0 Å². The topological polar surface area (TPSA) is 88.9 Å². The minimum absolute atomic E-state index is 0.113. The fraction of sp³-hybridized carbons (Fsp3) is 0.625. The Balaban J connectivity index is 1.57. The van der Waals surface area contributed by atoms with Crippen LogP contribution < -0.4 is 0 Å². The first-order valence-corrected chi connectivity index (χ1v) is 8.38. The molecule has 130 valence electrons. The summed E-state index contributed by atoms with van der Waals surface area (Å²) in [5, 5.41) is 11.5. The number of aromatic amines is 1. The molecule has 0 radical (unpaired) electrons. The van der Waals surface area contributed by atoms with Crippen molar-refractivity contribution in [1.29, 1.82) is 0 Å². The van der Waals surface area contributed by atoms with Gasteiger partial charge in [0, 0.05) is 31.6 Å². The number of nitrogens with one attached hydrogen (secondary N) is 1. The summed E-state index contributed by atoms with van der Waals surface area (Å²) in [7, 11) is 0. The molecule has 0 unspecified atom stereocenters. The molecule has 0 saturated carbocycles. The van der Waals surface area contributed by atoms with E-state index in [1.54, 1.807) is 0 Å². The molecule has 0 bridgehead atoms. The standard InChI is InChI=1S/C16H24N6O2/c1-4-14-17-16(19-18-14)13-10-21(7-8-24-13)15(23)5-6-22-12(3)9-11(2)20-22/h9,13H,4-8,10H2,1-3H3,(H,17,18,19)/t13-/m0/s1. The van der Waals surface area contributed by atoms with E-state index in [4.69, 9.17) is 4.74 Å². The van der Waals surface area contributed by atoms with Crippen LogP contribution in [0.15, 0.2) is 6.07 Å². The molecule has 1 atom stereocenters. The Labute approximate surface area is 141 Å². The summed E-state index contributed by atoms with van der Waals surface area (Å²) in [5.74, 6) is 1.58. The number of hydrogen-bond acceptors (Lipinski definition) is 5. The Morgan fingerprint density at radius 1 is 1.46 bits per heavy atom. The van der Waals surface area contributed by atoms with Gasteiger partial charge in [-0.25, -0.2) is 4.98 Å². The minimum Gasteiger partial charge on any atom is -0.366 e. The zero-order chi connectivity index (χ0) is 17.1. The molecule has 2 aromatic heterocycles. The third-order valence-corrected chi connectivity index (χ3v) is 4.23. The van der Waals surface area contributed by atoms with Crippen molar-refractivity contribution >= 4 is 5.91 Å². The molecular weight excluding hydrogens is 308 g/mol. The lowest BCUT2D eigenvalue weighted by Crippen LogP contribution is -2.42. The van der Waals surface area contributed by atoms with Crippen LogP contribution in [0.4, 0.5) is 0 Å². The van der Waals surface area contributed by atoms with Crippen molar-refractivity contribution in [3.8, 4) is 0 Å². The lowest BCUT2D eigenvalue weighted by atomic mass is 10.2. The average molecular weight is 332 g/mol. The maximum absolute atomic E-state index is 12.5. The third-order valence-electron chi connectivity index (χ3n) is 4.23. The first kappa shape index (κ1) is 16.6. The van der Waals surface area contributed by atoms with Gasteiger partial charge in [0.25, 0.3) is 0 Å². The Morgan fingerprint density at radius 3 is 2.96 bits per heavy atom. The van der Waals surface area contributed by atoms with E-state index < -0.39 is 0 Å². The van der Waals surface area contributed by atoms with E-state index in [9.17, 15) is 4.79 Å². The number of H-pyrrole nitrogens is 1. The summed E-state index contributed by atoms with van der Waals surface area (Å²) in [4.78, 5) is 18.8. The van der Waals surface area contributed by atoms with E-state index in [1.165, 1.54) is 0 Å². The molecule has 2 aromatic rings. The van der Waals surface area contributed by atoms with Gasteiger partial charge in [-0.2, -0.15) is 10.2 Å². The van der Waals surface area contributed by atoms with Gasteiger partial charge in [-0.3, -0.25) is 14.6 Å². The minimum atomic E-state index is -0.257. The molecule has 0 aliphatic carbocycles. The van der Waals surface area contributed by atoms with Gasteiger partial charge < -0.3 is 9.64 Å². The SMILES string of the molecule is CCc1nc([C@@H]2CN(C(=O)CCn3nc(C)cc3C)CCO2)n[nH]1. The zero-order valence-electron chi connectivity index (χ0n) is 14.4. The highest BCUT2D eigenvalue weighted by atomic mass is 16.5. The van der Waals surface area contributed by atoms with Crippen LogP contribution in [0.1, 0.15) is 42.5 Å². The number of ether oxygens (including phenoxy) is 1. The number of morpholine rings is 1. The molecule has 8 nitrogen and oxygen atoms in total. The Kier molecular flexibility index (Phi) is 4.94. The van der Waals surface area contributed by atoms with Crippen LogP contribution in [0.5, 0.6) is 0 Å². The lowest BCUT2D eigenvalue weighted by Gasteiger charge is -2.31. The highest BCUT2D eigenvalue weighted by molar-refractivity contribution is 5.76. The summed E-state index contributed by atoms with van der Waals surface area (Å²) in [6, 6.07) is 2.02. The van der Waals surface area contributed by atoms with E-state index in [0.717, 1.165) is 23.6 Å². The second-order valence-corrected chi connectivity index (χ2v) is 6.09. The summed E-state index contributed by atoms with van der Waals surface area (Å²) in [6.45, 7) is 8.19. The lowest BCUT2D eigenvalue weighted by molar-refractivity contribution is -0.139. The van der Waals surface area contributed by atoms with Gasteiger partial charge in [0.1, 0.15) is 11.9 Å². The van der Waals surface area contributed by atoms with E-state index in [2.05, 4.69) is 20.3 Å². The molecule has 3 rings (SSSR count). The molecular formula is C16H24N6O2. The maximum atomic E-state index is 12.5. The molecule has 1 fully saturated rings. The van der Waals surface area contributed by atoms with E-state index in [-0.39, 0.29) is 12.0 Å². The van der Waals surface area contributed by atoms with Gasteiger partial charge >= 0.3 is 0 Å². The summed E-state index contributed by atoms with van der Waals surface area (Å²) in [5.41, 5.74) is 2.05. The predicted octanol–water partition coefficient (Wildman–Crippen LogP) is 1.17. The number of carbonyl (C=O) groups excluding carboxylic acids is 1. The normalized spacial score (nSPS) is 18.1. The van der Waals surface area contributed by atoms with Gasteiger partial charge in [-0.05, 0) is 19.9 Å². The third kappa shape index (κ3) is 3.64. The summed E-state index contributed by atoms with van der Waals surface area (Å²) < 4.78 is 7.61. The second-order valence-electron chi connectivity index (χ2n) is 6.09. The van der Waals surface area contributed by atoms with Crippen molar-refractivity contribution in [1.82, 2.24) is 29.9 Å². The smallest absolute Gasteiger partial charge is 0.224 e. The van der Waals surface area contributed by atoms with Gasteiger partial charge in [-0.1, -0.05) is 6.92 Å². The van der Waals surface area contributed by atoms with Crippen LogP contribution >= 0.6 is 0 Å². The van der Waals surface area contributed by atoms with Crippen molar-refractivity contribution in [3.63, 3.8) is 0 Å². The number of hydrogen-bond donors (Lipinski definition) is 1. The highest BCUT2D eigenvalue weighted by Gasteiger charge is 2.27. The van der Waals surface area contributed by atoms with E-state index >= 15 is 0 Å². The molecule has 1 amide bonds.